The quantitative estimate of drug-likeness (QED) is 0.816. The Morgan fingerprint density at radius 2 is 2.24 bits per heavy atom. The van der Waals surface area contributed by atoms with Crippen LogP contribution in [0.4, 0.5) is 5.82 Å². The maximum absolute atomic E-state index is 11.2. The summed E-state index contributed by atoms with van der Waals surface area (Å²) in [4.78, 5) is 19.2. The molecule has 3 N–H and O–H groups in total. The lowest BCUT2D eigenvalue weighted by molar-refractivity contribution is 0.0698. The van der Waals surface area contributed by atoms with E-state index in [4.69, 9.17) is 10.8 Å². The second kappa shape index (κ2) is 3.44. The highest BCUT2D eigenvalue weighted by molar-refractivity contribution is 6.06. The number of aromatic nitrogens is 3. The predicted octanol–water partition coefficient (Wildman–Crippen LogP) is 1.44. The Balaban J connectivity index is 2.30. The molecule has 2 aromatic rings. The average molecular weight is 232 g/mol. The van der Waals surface area contributed by atoms with Gasteiger partial charge in [-0.2, -0.15) is 0 Å². The predicted molar refractivity (Wildman–Crippen MR) is 61.8 cm³/mol. The number of nitrogens with zero attached hydrogens (tertiary/aromatic N) is 3. The Kier molecular flexibility index (Phi) is 2.04. The van der Waals surface area contributed by atoms with Crippen molar-refractivity contribution in [2.45, 2.75) is 25.3 Å². The zero-order valence-corrected chi connectivity index (χ0v) is 9.13. The fraction of sp³-hybridized carbons (Fsp3) is 0.364. The minimum Gasteiger partial charge on any atom is -0.478 e. The van der Waals surface area contributed by atoms with Crippen molar-refractivity contribution in [3.05, 3.63) is 18.1 Å². The molecule has 0 unspecified atom stereocenters. The molecule has 0 radical (unpaired) electrons. The second-order valence-electron chi connectivity index (χ2n) is 4.30. The number of fused-ring (bicyclic) bond motifs is 1. The van der Waals surface area contributed by atoms with E-state index in [2.05, 4.69) is 9.97 Å². The number of carboxylic acids is 1. The van der Waals surface area contributed by atoms with E-state index in [1.54, 1.807) is 6.20 Å². The van der Waals surface area contributed by atoms with E-state index in [0.29, 0.717) is 17.1 Å². The number of carboxylic acid groups (broad SMARTS) is 1. The van der Waals surface area contributed by atoms with Gasteiger partial charge in [0.15, 0.2) is 0 Å². The molecule has 0 aliphatic heterocycles. The molecule has 0 saturated heterocycles. The number of aromatic carboxylic acids is 1. The van der Waals surface area contributed by atoms with E-state index in [1.807, 2.05) is 4.57 Å². The van der Waals surface area contributed by atoms with Gasteiger partial charge >= 0.3 is 5.97 Å². The van der Waals surface area contributed by atoms with E-state index in [9.17, 15) is 4.79 Å². The highest BCUT2D eigenvalue weighted by Crippen LogP contribution is 2.36. The molecule has 2 heterocycles. The standard InChI is InChI=1S/C11H12N4O2/c12-9-8-7(11(16)17)4-15(6-2-1-3-6)10(8)14-5-13-9/h4-6H,1-3H2,(H,16,17)(H2,12,13,14). The van der Waals surface area contributed by atoms with Gasteiger partial charge < -0.3 is 15.4 Å². The maximum Gasteiger partial charge on any atom is 0.338 e. The average Bonchev–Trinajstić information content (AvgIpc) is 2.57. The van der Waals surface area contributed by atoms with Gasteiger partial charge in [0.25, 0.3) is 0 Å². The van der Waals surface area contributed by atoms with Gasteiger partial charge in [-0.25, -0.2) is 14.8 Å². The molecule has 2 aromatic heterocycles. The van der Waals surface area contributed by atoms with Crippen molar-refractivity contribution in [1.29, 1.82) is 0 Å². The molecule has 3 rings (SSSR count). The first-order valence-electron chi connectivity index (χ1n) is 5.53. The summed E-state index contributed by atoms with van der Waals surface area (Å²) in [5.41, 5.74) is 6.55. The van der Waals surface area contributed by atoms with E-state index < -0.39 is 5.97 Å². The molecular weight excluding hydrogens is 220 g/mol. The molecule has 1 aliphatic rings. The van der Waals surface area contributed by atoms with Crippen molar-refractivity contribution in [2.24, 2.45) is 0 Å². The minimum absolute atomic E-state index is 0.185. The zero-order chi connectivity index (χ0) is 12.0. The molecule has 1 saturated carbocycles. The summed E-state index contributed by atoms with van der Waals surface area (Å²) >= 11 is 0. The summed E-state index contributed by atoms with van der Waals surface area (Å²) in [6.45, 7) is 0. The van der Waals surface area contributed by atoms with Gasteiger partial charge in [0, 0.05) is 12.2 Å². The highest BCUT2D eigenvalue weighted by Gasteiger charge is 2.25. The molecule has 1 aliphatic carbocycles. The molecule has 0 atom stereocenters. The fourth-order valence-corrected chi connectivity index (χ4v) is 2.21. The molecular formula is C11H12N4O2. The van der Waals surface area contributed by atoms with Crippen molar-refractivity contribution in [3.63, 3.8) is 0 Å². The number of hydrogen-bond acceptors (Lipinski definition) is 4. The topological polar surface area (TPSA) is 94.0 Å². The van der Waals surface area contributed by atoms with Gasteiger partial charge in [-0.1, -0.05) is 0 Å². The van der Waals surface area contributed by atoms with Crippen molar-refractivity contribution < 1.29 is 9.90 Å². The molecule has 0 amide bonds. The minimum atomic E-state index is -0.991. The van der Waals surface area contributed by atoms with Crippen LogP contribution >= 0.6 is 0 Å². The van der Waals surface area contributed by atoms with Crippen LogP contribution in [0.25, 0.3) is 11.0 Å². The van der Waals surface area contributed by atoms with Gasteiger partial charge in [-0.05, 0) is 19.3 Å². The summed E-state index contributed by atoms with van der Waals surface area (Å²) in [5, 5.41) is 9.62. The second-order valence-corrected chi connectivity index (χ2v) is 4.30. The largest absolute Gasteiger partial charge is 0.478 e. The van der Waals surface area contributed by atoms with Crippen LogP contribution in [0.15, 0.2) is 12.5 Å². The van der Waals surface area contributed by atoms with Gasteiger partial charge in [0.05, 0.1) is 10.9 Å². The van der Waals surface area contributed by atoms with Crippen LogP contribution in [-0.2, 0) is 0 Å². The third-order valence-corrected chi connectivity index (χ3v) is 3.34. The SMILES string of the molecule is Nc1ncnc2c1c(C(=O)O)cn2C1CCC1. The van der Waals surface area contributed by atoms with E-state index in [0.717, 1.165) is 12.8 Å². The third-order valence-electron chi connectivity index (χ3n) is 3.34. The van der Waals surface area contributed by atoms with Crippen LogP contribution in [0.2, 0.25) is 0 Å². The van der Waals surface area contributed by atoms with Crippen LogP contribution in [-0.4, -0.2) is 25.6 Å². The van der Waals surface area contributed by atoms with Crippen LogP contribution in [0.3, 0.4) is 0 Å². The van der Waals surface area contributed by atoms with Crippen molar-refractivity contribution in [3.8, 4) is 0 Å². The molecule has 6 nitrogen and oxygen atoms in total. The Labute approximate surface area is 97.1 Å². The normalized spacial score (nSPS) is 16.0. The van der Waals surface area contributed by atoms with Gasteiger partial charge in [0.1, 0.15) is 17.8 Å². The third kappa shape index (κ3) is 1.37. The summed E-state index contributed by atoms with van der Waals surface area (Å²) < 4.78 is 1.92. The first-order chi connectivity index (χ1) is 8.18. The molecule has 0 aromatic carbocycles. The van der Waals surface area contributed by atoms with Crippen LogP contribution in [0.5, 0.6) is 0 Å². The highest BCUT2D eigenvalue weighted by atomic mass is 16.4. The lowest BCUT2D eigenvalue weighted by Gasteiger charge is -2.27. The lowest BCUT2D eigenvalue weighted by Crippen LogP contribution is -2.16. The Morgan fingerprint density at radius 1 is 1.47 bits per heavy atom. The van der Waals surface area contributed by atoms with Crippen molar-refractivity contribution in [1.82, 2.24) is 14.5 Å². The van der Waals surface area contributed by atoms with Gasteiger partial charge in [-0.15, -0.1) is 0 Å². The first-order valence-corrected chi connectivity index (χ1v) is 5.53. The summed E-state index contributed by atoms with van der Waals surface area (Å²) in [6, 6.07) is 0.347. The van der Waals surface area contributed by atoms with Crippen LogP contribution in [0, 0.1) is 0 Å². The number of rotatable bonds is 2. The van der Waals surface area contributed by atoms with Gasteiger partial charge in [-0.3, -0.25) is 0 Å². The molecule has 6 heteroatoms. The van der Waals surface area contributed by atoms with Crippen LogP contribution < -0.4 is 5.73 Å². The molecule has 17 heavy (non-hydrogen) atoms. The molecule has 0 spiro atoms. The van der Waals surface area contributed by atoms with Crippen molar-refractivity contribution >= 4 is 22.8 Å². The lowest BCUT2D eigenvalue weighted by atomic mass is 9.93. The summed E-state index contributed by atoms with van der Waals surface area (Å²) in [7, 11) is 0. The van der Waals surface area contributed by atoms with E-state index in [1.165, 1.54) is 12.7 Å². The number of anilines is 1. The van der Waals surface area contributed by atoms with E-state index in [-0.39, 0.29) is 11.4 Å². The summed E-state index contributed by atoms with van der Waals surface area (Å²) in [6.07, 6.45) is 6.30. The fourth-order valence-electron chi connectivity index (χ4n) is 2.21. The number of nitrogen functional groups attached to an aromatic ring is 1. The number of hydrogen-bond donors (Lipinski definition) is 2. The smallest absolute Gasteiger partial charge is 0.338 e. The van der Waals surface area contributed by atoms with Gasteiger partial charge in [0.2, 0.25) is 0 Å². The monoisotopic (exact) mass is 232 g/mol. The molecule has 0 bridgehead atoms. The Morgan fingerprint density at radius 3 is 2.82 bits per heavy atom. The number of nitrogens with two attached hydrogens (primary N) is 1. The molecule has 88 valence electrons. The zero-order valence-electron chi connectivity index (χ0n) is 9.13. The Hall–Kier alpha value is -2.11. The summed E-state index contributed by atoms with van der Waals surface area (Å²) in [5.74, 6) is -0.764. The first kappa shape index (κ1) is 10.1. The number of carbonyl (C=O) groups is 1. The maximum atomic E-state index is 11.2. The van der Waals surface area contributed by atoms with E-state index >= 15 is 0 Å². The molecule has 1 fully saturated rings. The Bertz CT molecular complexity index is 601. The van der Waals surface area contributed by atoms with Crippen LogP contribution in [0.1, 0.15) is 35.7 Å². The van der Waals surface area contributed by atoms with Crippen molar-refractivity contribution in [2.75, 3.05) is 5.73 Å².